The number of carbonyl (C=O) groups excluding carboxylic acids is 2. The highest BCUT2D eigenvalue weighted by Gasteiger charge is 2.37. The van der Waals surface area contributed by atoms with Gasteiger partial charge in [0.15, 0.2) is 0 Å². The molecule has 0 bridgehead atoms. The van der Waals surface area contributed by atoms with Gasteiger partial charge in [-0.3, -0.25) is 0 Å². The number of methoxy groups -OCH3 is 1. The van der Waals surface area contributed by atoms with Gasteiger partial charge in [-0.25, -0.2) is 9.59 Å². The number of benzene rings is 1. The Labute approximate surface area is 143 Å². The van der Waals surface area contributed by atoms with Crippen molar-refractivity contribution in [2.24, 2.45) is 0 Å². The highest BCUT2D eigenvalue weighted by molar-refractivity contribution is 5.85. The van der Waals surface area contributed by atoms with E-state index in [1.165, 1.54) is 7.11 Å². The van der Waals surface area contributed by atoms with Crippen molar-refractivity contribution in [2.75, 3.05) is 13.7 Å². The van der Waals surface area contributed by atoms with E-state index >= 15 is 0 Å². The molecule has 6 nitrogen and oxygen atoms in total. The van der Waals surface area contributed by atoms with Crippen LogP contribution in [-0.2, 0) is 20.7 Å². The molecule has 1 rings (SSSR count). The van der Waals surface area contributed by atoms with Crippen LogP contribution in [0.2, 0.25) is 0 Å². The fourth-order valence-electron chi connectivity index (χ4n) is 2.20. The molecule has 6 heteroatoms. The normalized spacial score (nSPS) is 13.6. The van der Waals surface area contributed by atoms with Crippen molar-refractivity contribution in [1.29, 1.82) is 0 Å². The lowest BCUT2D eigenvalue weighted by atomic mass is 9.93. The van der Waals surface area contributed by atoms with E-state index in [4.69, 9.17) is 14.2 Å². The first-order chi connectivity index (χ1) is 11.1. The third kappa shape index (κ3) is 6.10. The summed E-state index contributed by atoms with van der Waals surface area (Å²) < 4.78 is 15.5. The summed E-state index contributed by atoms with van der Waals surface area (Å²) in [4.78, 5) is 24.3. The SMILES string of the molecule is CCOc1ccc(C[C@](C)(NC(=O)OC(C)(C)C)C(=O)OC)cc1. The van der Waals surface area contributed by atoms with E-state index in [0.29, 0.717) is 6.61 Å². The van der Waals surface area contributed by atoms with E-state index in [-0.39, 0.29) is 6.42 Å². The number of hydrogen-bond acceptors (Lipinski definition) is 5. The second-order valence-electron chi connectivity index (χ2n) is 6.70. The van der Waals surface area contributed by atoms with Gasteiger partial charge < -0.3 is 19.5 Å². The Hall–Kier alpha value is -2.24. The van der Waals surface area contributed by atoms with Crippen molar-refractivity contribution >= 4 is 12.1 Å². The molecule has 1 amide bonds. The van der Waals surface area contributed by atoms with Crippen LogP contribution in [0.1, 0.15) is 40.2 Å². The largest absolute Gasteiger partial charge is 0.494 e. The van der Waals surface area contributed by atoms with Crippen LogP contribution in [0.15, 0.2) is 24.3 Å². The van der Waals surface area contributed by atoms with Gasteiger partial charge in [-0.1, -0.05) is 12.1 Å². The van der Waals surface area contributed by atoms with Gasteiger partial charge in [0, 0.05) is 6.42 Å². The van der Waals surface area contributed by atoms with Crippen LogP contribution >= 0.6 is 0 Å². The molecule has 0 aromatic heterocycles. The molecular formula is C18H27NO5. The van der Waals surface area contributed by atoms with Gasteiger partial charge in [-0.2, -0.15) is 0 Å². The second-order valence-corrected chi connectivity index (χ2v) is 6.70. The first kappa shape index (κ1) is 19.8. The van der Waals surface area contributed by atoms with E-state index in [2.05, 4.69) is 5.32 Å². The lowest BCUT2D eigenvalue weighted by Gasteiger charge is -2.29. The predicted molar refractivity (Wildman–Crippen MR) is 91.1 cm³/mol. The Morgan fingerprint density at radius 3 is 2.12 bits per heavy atom. The molecule has 0 fully saturated rings. The maximum Gasteiger partial charge on any atom is 0.408 e. The minimum absolute atomic E-state index is 0.269. The Balaban J connectivity index is 2.91. The summed E-state index contributed by atoms with van der Waals surface area (Å²) in [5.74, 6) is 0.211. The maximum atomic E-state index is 12.2. The van der Waals surface area contributed by atoms with Crippen molar-refractivity contribution < 1.29 is 23.8 Å². The van der Waals surface area contributed by atoms with E-state index in [1.807, 2.05) is 31.2 Å². The molecule has 1 atom stereocenters. The fraction of sp³-hybridized carbons (Fsp3) is 0.556. The zero-order valence-corrected chi connectivity index (χ0v) is 15.3. The van der Waals surface area contributed by atoms with Crippen LogP contribution < -0.4 is 10.1 Å². The number of esters is 1. The Kier molecular flexibility index (Phi) is 6.63. The van der Waals surface area contributed by atoms with Crippen molar-refractivity contribution in [2.45, 2.75) is 52.2 Å². The van der Waals surface area contributed by atoms with E-state index in [0.717, 1.165) is 11.3 Å². The van der Waals surface area contributed by atoms with Crippen molar-refractivity contribution in [3.8, 4) is 5.75 Å². The molecule has 0 saturated heterocycles. The Bertz CT molecular complexity index is 562. The number of amides is 1. The summed E-state index contributed by atoms with van der Waals surface area (Å²) in [5.41, 5.74) is -1.02. The average Bonchev–Trinajstić information content (AvgIpc) is 2.46. The molecule has 0 aliphatic heterocycles. The van der Waals surface area contributed by atoms with Gasteiger partial charge >= 0.3 is 12.1 Å². The Morgan fingerprint density at radius 1 is 1.08 bits per heavy atom. The Morgan fingerprint density at radius 2 is 1.67 bits per heavy atom. The molecule has 0 radical (unpaired) electrons. The summed E-state index contributed by atoms with van der Waals surface area (Å²) in [6, 6.07) is 7.35. The van der Waals surface area contributed by atoms with Crippen LogP contribution in [0.3, 0.4) is 0 Å². The lowest BCUT2D eigenvalue weighted by molar-refractivity contribution is -0.147. The number of ether oxygens (including phenoxy) is 3. The molecular weight excluding hydrogens is 310 g/mol. The smallest absolute Gasteiger partial charge is 0.408 e. The van der Waals surface area contributed by atoms with Crippen molar-refractivity contribution in [1.82, 2.24) is 5.32 Å². The first-order valence-corrected chi connectivity index (χ1v) is 7.91. The summed E-state index contributed by atoms with van der Waals surface area (Å²) in [5, 5.41) is 2.62. The number of carbonyl (C=O) groups is 2. The highest BCUT2D eigenvalue weighted by Crippen LogP contribution is 2.19. The molecule has 0 unspecified atom stereocenters. The van der Waals surface area contributed by atoms with E-state index in [1.54, 1.807) is 27.7 Å². The molecule has 1 aromatic rings. The third-order valence-corrected chi connectivity index (χ3v) is 3.20. The average molecular weight is 337 g/mol. The molecule has 24 heavy (non-hydrogen) atoms. The topological polar surface area (TPSA) is 73.9 Å². The second kappa shape index (κ2) is 8.04. The molecule has 0 aliphatic carbocycles. The van der Waals surface area contributed by atoms with Gasteiger partial charge in [0.1, 0.15) is 16.9 Å². The molecule has 0 heterocycles. The van der Waals surface area contributed by atoms with Gasteiger partial charge in [0.25, 0.3) is 0 Å². The van der Waals surface area contributed by atoms with E-state index < -0.39 is 23.2 Å². The fourth-order valence-corrected chi connectivity index (χ4v) is 2.20. The summed E-state index contributed by atoms with van der Waals surface area (Å²) in [7, 11) is 1.29. The minimum atomic E-state index is -1.23. The minimum Gasteiger partial charge on any atom is -0.494 e. The van der Waals surface area contributed by atoms with Gasteiger partial charge in [0.05, 0.1) is 13.7 Å². The zero-order valence-electron chi connectivity index (χ0n) is 15.3. The number of rotatable bonds is 6. The number of alkyl carbamates (subject to hydrolysis) is 1. The van der Waals surface area contributed by atoms with E-state index in [9.17, 15) is 9.59 Å². The van der Waals surface area contributed by atoms with Gasteiger partial charge in [-0.05, 0) is 52.3 Å². The highest BCUT2D eigenvalue weighted by atomic mass is 16.6. The standard InChI is InChI=1S/C18H27NO5/c1-7-23-14-10-8-13(9-11-14)12-18(5,15(20)22-6)19-16(21)24-17(2,3)4/h8-11H,7,12H2,1-6H3,(H,19,21)/t18-/m0/s1. The summed E-state index contributed by atoms with van der Waals surface area (Å²) in [6.45, 7) is 9.38. The molecule has 134 valence electrons. The van der Waals surface area contributed by atoms with Crippen molar-refractivity contribution in [3.63, 3.8) is 0 Å². The molecule has 1 N–H and O–H groups in total. The van der Waals surface area contributed by atoms with Gasteiger partial charge in [0.2, 0.25) is 0 Å². The first-order valence-electron chi connectivity index (χ1n) is 7.91. The summed E-state index contributed by atoms with van der Waals surface area (Å²) in [6.07, 6.45) is -0.396. The molecule has 0 saturated carbocycles. The van der Waals surface area contributed by atoms with Crippen molar-refractivity contribution in [3.05, 3.63) is 29.8 Å². The number of hydrogen-bond donors (Lipinski definition) is 1. The number of nitrogens with one attached hydrogen (secondary N) is 1. The maximum absolute atomic E-state index is 12.2. The van der Waals surface area contributed by atoms with Crippen LogP contribution in [0.5, 0.6) is 5.75 Å². The van der Waals surface area contributed by atoms with Crippen LogP contribution in [0.4, 0.5) is 4.79 Å². The van der Waals surface area contributed by atoms with Crippen LogP contribution in [-0.4, -0.2) is 36.9 Å². The van der Waals surface area contributed by atoms with Crippen LogP contribution in [0, 0.1) is 0 Å². The molecule has 0 aliphatic rings. The quantitative estimate of drug-likeness (QED) is 0.808. The predicted octanol–water partition coefficient (Wildman–Crippen LogP) is 3.08. The summed E-state index contributed by atoms with van der Waals surface area (Å²) >= 11 is 0. The zero-order chi connectivity index (χ0) is 18.4. The molecule has 1 aromatic carbocycles. The van der Waals surface area contributed by atoms with Crippen LogP contribution in [0.25, 0.3) is 0 Å². The third-order valence-electron chi connectivity index (χ3n) is 3.20. The monoisotopic (exact) mass is 337 g/mol. The van der Waals surface area contributed by atoms with Gasteiger partial charge in [-0.15, -0.1) is 0 Å². The molecule has 0 spiro atoms. The lowest BCUT2D eigenvalue weighted by Crippen LogP contribution is -2.55.